The zero-order chi connectivity index (χ0) is 23.8. The SMILES string of the molecule is Cc1ccc(S(=O)(=O)N(Cc2ccco2)C2CC(=O)N(c3ccc(C(C)C)cc3)C2=O)cc1. The van der Waals surface area contributed by atoms with Gasteiger partial charge in [-0.2, -0.15) is 4.31 Å². The Balaban J connectivity index is 1.70. The fourth-order valence-corrected chi connectivity index (χ4v) is 5.43. The summed E-state index contributed by atoms with van der Waals surface area (Å²) in [6.07, 6.45) is 1.20. The van der Waals surface area contributed by atoms with Crippen LogP contribution in [0.25, 0.3) is 0 Å². The molecule has 0 radical (unpaired) electrons. The van der Waals surface area contributed by atoms with Gasteiger partial charge in [0.1, 0.15) is 11.8 Å². The van der Waals surface area contributed by atoms with E-state index in [1.165, 1.54) is 18.4 Å². The van der Waals surface area contributed by atoms with Gasteiger partial charge in [-0.05, 0) is 54.8 Å². The van der Waals surface area contributed by atoms with Gasteiger partial charge in [0.05, 0.1) is 29.8 Å². The summed E-state index contributed by atoms with van der Waals surface area (Å²) in [4.78, 5) is 27.4. The average Bonchev–Trinajstić information content (AvgIpc) is 3.39. The zero-order valence-corrected chi connectivity index (χ0v) is 19.6. The fraction of sp³-hybridized carbons (Fsp3) is 0.280. The van der Waals surface area contributed by atoms with Crippen molar-refractivity contribution >= 4 is 27.5 Å². The molecule has 8 heteroatoms. The molecule has 2 aromatic carbocycles. The minimum absolute atomic E-state index is 0.0552. The largest absolute Gasteiger partial charge is 0.468 e. The Morgan fingerprint density at radius 2 is 1.70 bits per heavy atom. The van der Waals surface area contributed by atoms with Crippen molar-refractivity contribution in [3.8, 4) is 0 Å². The molecule has 172 valence electrons. The van der Waals surface area contributed by atoms with Crippen LogP contribution >= 0.6 is 0 Å². The topological polar surface area (TPSA) is 87.9 Å². The second-order valence-corrected chi connectivity index (χ2v) is 10.4. The lowest BCUT2D eigenvalue weighted by molar-refractivity contribution is -0.122. The second-order valence-electron chi connectivity index (χ2n) is 8.48. The van der Waals surface area contributed by atoms with E-state index >= 15 is 0 Å². The van der Waals surface area contributed by atoms with Crippen LogP contribution in [0.2, 0.25) is 0 Å². The number of carbonyl (C=O) groups excluding carboxylic acids is 2. The number of nitrogens with zero attached hydrogens (tertiary/aromatic N) is 2. The van der Waals surface area contributed by atoms with Crippen LogP contribution in [0.1, 0.15) is 43.1 Å². The minimum Gasteiger partial charge on any atom is -0.468 e. The Kier molecular flexibility index (Phi) is 6.23. The predicted octanol–water partition coefficient (Wildman–Crippen LogP) is 4.23. The van der Waals surface area contributed by atoms with E-state index in [2.05, 4.69) is 13.8 Å². The van der Waals surface area contributed by atoms with Crippen molar-refractivity contribution in [2.75, 3.05) is 4.90 Å². The molecule has 4 rings (SSSR count). The summed E-state index contributed by atoms with van der Waals surface area (Å²) < 4.78 is 33.6. The standard InChI is InChI=1S/C25H26N2O5S/c1-17(2)19-8-10-20(11-9-19)27-24(28)15-23(25(27)29)26(16-21-5-4-14-32-21)33(30,31)22-12-6-18(3)7-13-22/h4-14,17,23H,15-16H2,1-3H3. The van der Waals surface area contributed by atoms with E-state index < -0.39 is 27.9 Å². The van der Waals surface area contributed by atoms with Crippen LogP contribution in [0, 0.1) is 6.92 Å². The van der Waals surface area contributed by atoms with Crippen molar-refractivity contribution in [2.45, 2.75) is 50.6 Å². The zero-order valence-electron chi connectivity index (χ0n) is 18.8. The number of amides is 2. The number of anilines is 1. The lowest BCUT2D eigenvalue weighted by Gasteiger charge is -2.26. The van der Waals surface area contributed by atoms with Crippen LogP contribution in [0.4, 0.5) is 5.69 Å². The van der Waals surface area contributed by atoms with E-state index in [-0.39, 0.29) is 17.9 Å². The lowest BCUT2D eigenvalue weighted by atomic mass is 10.0. The normalized spacial score (nSPS) is 16.9. The fourth-order valence-electron chi connectivity index (χ4n) is 3.88. The number of furan rings is 1. The third-order valence-corrected chi connectivity index (χ3v) is 7.68. The van der Waals surface area contributed by atoms with Crippen molar-refractivity contribution in [1.82, 2.24) is 4.31 Å². The van der Waals surface area contributed by atoms with E-state index in [0.717, 1.165) is 20.3 Å². The molecule has 1 aliphatic heterocycles. The molecule has 1 saturated heterocycles. The van der Waals surface area contributed by atoms with Crippen LogP contribution in [-0.4, -0.2) is 30.6 Å². The van der Waals surface area contributed by atoms with Gasteiger partial charge in [0.15, 0.2) is 0 Å². The number of hydrogen-bond donors (Lipinski definition) is 0. The molecule has 0 N–H and O–H groups in total. The van der Waals surface area contributed by atoms with Crippen LogP contribution in [0.3, 0.4) is 0 Å². The highest BCUT2D eigenvalue weighted by Crippen LogP contribution is 2.31. The van der Waals surface area contributed by atoms with Crippen LogP contribution in [-0.2, 0) is 26.2 Å². The number of imide groups is 1. The van der Waals surface area contributed by atoms with Crippen molar-refractivity contribution in [3.05, 3.63) is 83.8 Å². The molecule has 3 aromatic rings. The van der Waals surface area contributed by atoms with Gasteiger partial charge in [0.2, 0.25) is 15.9 Å². The highest BCUT2D eigenvalue weighted by Gasteiger charge is 2.47. The lowest BCUT2D eigenvalue weighted by Crippen LogP contribution is -2.45. The molecule has 0 bridgehead atoms. The predicted molar refractivity (Wildman–Crippen MR) is 124 cm³/mol. The Bertz CT molecular complexity index is 1250. The number of sulfonamides is 1. The number of carbonyl (C=O) groups is 2. The van der Waals surface area contributed by atoms with Gasteiger partial charge in [-0.1, -0.05) is 43.7 Å². The van der Waals surface area contributed by atoms with E-state index in [1.807, 2.05) is 19.1 Å². The summed E-state index contributed by atoms with van der Waals surface area (Å²) >= 11 is 0. The average molecular weight is 467 g/mol. The summed E-state index contributed by atoms with van der Waals surface area (Å²) in [7, 11) is -4.08. The first-order chi connectivity index (χ1) is 15.7. The van der Waals surface area contributed by atoms with Crippen LogP contribution < -0.4 is 4.90 Å². The minimum atomic E-state index is -4.08. The second kappa shape index (κ2) is 8.96. The molecule has 1 atom stereocenters. The molecule has 33 heavy (non-hydrogen) atoms. The van der Waals surface area contributed by atoms with Crippen molar-refractivity contribution in [3.63, 3.8) is 0 Å². The first-order valence-corrected chi connectivity index (χ1v) is 12.2. The van der Waals surface area contributed by atoms with Gasteiger partial charge in [-0.3, -0.25) is 9.59 Å². The Labute approximate surface area is 193 Å². The van der Waals surface area contributed by atoms with E-state index in [9.17, 15) is 18.0 Å². The van der Waals surface area contributed by atoms with Gasteiger partial charge in [-0.15, -0.1) is 0 Å². The quantitative estimate of drug-likeness (QED) is 0.486. The smallest absolute Gasteiger partial charge is 0.252 e. The van der Waals surface area contributed by atoms with Gasteiger partial charge >= 0.3 is 0 Å². The molecule has 2 heterocycles. The summed E-state index contributed by atoms with van der Waals surface area (Å²) in [5.41, 5.74) is 2.42. The van der Waals surface area contributed by atoms with Crippen LogP contribution in [0.5, 0.6) is 0 Å². The highest BCUT2D eigenvalue weighted by atomic mass is 32.2. The molecular formula is C25H26N2O5S. The summed E-state index contributed by atoms with van der Waals surface area (Å²) in [6, 6.07) is 15.7. The third kappa shape index (κ3) is 4.49. The number of benzene rings is 2. The molecule has 1 unspecified atom stereocenters. The van der Waals surface area contributed by atoms with Gasteiger partial charge in [0.25, 0.3) is 5.91 Å². The van der Waals surface area contributed by atoms with E-state index in [4.69, 9.17) is 4.42 Å². The molecule has 2 amide bonds. The molecule has 0 aliphatic carbocycles. The van der Waals surface area contributed by atoms with Crippen LogP contribution in [0.15, 0.2) is 76.2 Å². The van der Waals surface area contributed by atoms with Gasteiger partial charge in [0, 0.05) is 0 Å². The molecule has 1 aliphatic rings. The highest BCUT2D eigenvalue weighted by molar-refractivity contribution is 7.89. The van der Waals surface area contributed by atoms with E-state index in [0.29, 0.717) is 17.4 Å². The Morgan fingerprint density at radius 1 is 1.03 bits per heavy atom. The number of rotatable bonds is 7. The van der Waals surface area contributed by atoms with Gasteiger partial charge in [-0.25, -0.2) is 13.3 Å². The number of hydrogen-bond acceptors (Lipinski definition) is 5. The molecule has 1 fully saturated rings. The first-order valence-electron chi connectivity index (χ1n) is 10.8. The van der Waals surface area contributed by atoms with Gasteiger partial charge < -0.3 is 4.42 Å². The maximum Gasteiger partial charge on any atom is 0.252 e. The monoisotopic (exact) mass is 466 g/mol. The Morgan fingerprint density at radius 3 is 2.27 bits per heavy atom. The molecule has 0 spiro atoms. The van der Waals surface area contributed by atoms with Crippen molar-refractivity contribution in [1.29, 1.82) is 0 Å². The summed E-state index contributed by atoms with van der Waals surface area (Å²) in [5, 5.41) is 0. The maximum absolute atomic E-state index is 13.6. The molecule has 0 saturated carbocycles. The van der Waals surface area contributed by atoms with Crippen molar-refractivity contribution < 1.29 is 22.4 Å². The molecule has 7 nitrogen and oxygen atoms in total. The summed E-state index contributed by atoms with van der Waals surface area (Å²) in [6.45, 7) is 5.81. The number of aryl methyl sites for hydroxylation is 1. The summed E-state index contributed by atoms with van der Waals surface area (Å²) in [5.74, 6) is -0.323. The first kappa shape index (κ1) is 22.9. The Hall–Kier alpha value is -3.23. The maximum atomic E-state index is 13.6. The molecular weight excluding hydrogens is 440 g/mol. The van der Waals surface area contributed by atoms with Crippen molar-refractivity contribution in [2.24, 2.45) is 0 Å². The van der Waals surface area contributed by atoms with E-state index in [1.54, 1.807) is 36.4 Å². The third-order valence-electron chi connectivity index (χ3n) is 5.81. The molecule has 1 aromatic heterocycles.